The molecule has 1 N–H and O–H groups in total. The minimum absolute atomic E-state index is 0.212. The normalized spacial score (nSPS) is 12.8. The van der Waals surface area contributed by atoms with Gasteiger partial charge in [-0.1, -0.05) is 31.5 Å². The molecule has 0 radical (unpaired) electrons. The molecule has 0 heterocycles. The molecule has 1 aromatic carbocycles. The van der Waals surface area contributed by atoms with Crippen molar-refractivity contribution in [2.45, 2.75) is 39.8 Å². The van der Waals surface area contributed by atoms with E-state index < -0.39 is 0 Å². The molecule has 0 amide bonds. The molecule has 0 spiro atoms. The lowest BCUT2D eigenvalue weighted by atomic mass is 10.1. The zero-order valence-corrected chi connectivity index (χ0v) is 11.8. The van der Waals surface area contributed by atoms with E-state index in [1.165, 1.54) is 0 Å². The number of ether oxygens (including phenoxy) is 1. The van der Waals surface area contributed by atoms with Gasteiger partial charge in [0.2, 0.25) is 0 Å². The van der Waals surface area contributed by atoms with Gasteiger partial charge < -0.3 is 10.1 Å². The molecule has 0 saturated heterocycles. The summed E-state index contributed by atoms with van der Waals surface area (Å²) in [5.41, 5.74) is 1.03. The van der Waals surface area contributed by atoms with E-state index in [-0.39, 0.29) is 6.10 Å². The maximum atomic E-state index is 6.18. The van der Waals surface area contributed by atoms with Crippen molar-refractivity contribution in [1.82, 2.24) is 5.32 Å². The molecule has 3 heteroatoms. The molecule has 0 aliphatic heterocycles. The van der Waals surface area contributed by atoms with Crippen molar-refractivity contribution >= 4 is 11.6 Å². The molecular weight excluding hydrogens is 234 g/mol. The second kappa shape index (κ2) is 6.87. The zero-order valence-electron chi connectivity index (χ0n) is 11.1. The maximum absolute atomic E-state index is 6.18. The fraction of sp³-hybridized carbons (Fsp3) is 0.571. The average Bonchev–Trinajstić information content (AvgIpc) is 2.22. The Bertz CT molecular complexity index is 352. The van der Waals surface area contributed by atoms with Crippen molar-refractivity contribution in [2.75, 3.05) is 7.05 Å². The molecule has 96 valence electrons. The van der Waals surface area contributed by atoms with E-state index in [1.807, 2.05) is 25.2 Å². The van der Waals surface area contributed by atoms with Gasteiger partial charge in [-0.25, -0.2) is 0 Å². The highest BCUT2D eigenvalue weighted by Gasteiger charge is 2.11. The van der Waals surface area contributed by atoms with Crippen molar-refractivity contribution in [1.29, 1.82) is 0 Å². The van der Waals surface area contributed by atoms with Crippen LogP contribution in [0.15, 0.2) is 18.2 Å². The van der Waals surface area contributed by atoms with Crippen LogP contribution in [-0.2, 0) is 6.54 Å². The Morgan fingerprint density at radius 1 is 1.29 bits per heavy atom. The van der Waals surface area contributed by atoms with Crippen LogP contribution in [0.2, 0.25) is 5.02 Å². The van der Waals surface area contributed by atoms with E-state index in [2.05, 4.69) is 26.1 Å². The predicted molar refractivity (Wildman–Crippen MR) is 73.8 cm³/mol. The van der Waals surface area contributed by atoms with E-state index in [4.69, 9.17) is 16.3 Å². The van der Waals surface area contributed by atoms with Crippen LogP contribution in [0.1, 0.15) is 32.8 Å². The van der Waals surface area contributed by atoms with Crippen LogP contribution in [-0.4, -0.2) is 13.2 Å². The Hall–Kier alpha value is -0.730. The highest BCUT2D eigenvalue weighted by Crippen LogP contribution is 2.27. The number of hydrogen-bond donors (Lipinski definition) is 1. The summed E-state index contributed by atoms with van der Waals surface area (Å²) >= 11 is 6.18. The fourth-order valence-corrected chi connectivity index (χ4v) is 2.16. The number of nitrogens with one attached hydrogen (secondary N) is 1. The number of halogens is 1. The van der Waals surface area contributed by atoms with Gasteiger partial charge >= 0.3 is 0 Å². The molecule has 1 atom stereocenters. The first kappa shape index (κ1) is 14.3. The Morgan fingerprint density at radius 3 is 2.59 bits per heavy atom. The molecule has 0 aliphatic rings. The van der Waals surface area contributed by atoms with Crippen molar-refractivity contribution in [3.05, 3.63) is 28.8 Å². The minimum Gasteiger partial charge on any atom is -0.490 e. The standard InChI is InChI=1S/C14H22ClNO/c1-10(2)8-11(3)17-14-7-5-6-13(15)12(14)9-16-4/h5-7,10-11,16H,8-9H2,1-4H3. The molecule has 2 nitrogen and oxygen atoms in total. The van der Waals surface area contributed by atoms with Gasteiger partial charge in [0.1, 0.15) is 5.75 Å². The quantitative estimate of drug-likeness (QED) is 0.833. The average molecular weight is 256 g/mol. The first-order valence-corrected chi connectivity index (χ1v) is 6.51. The molecule has 17 heavy (non-hydrogen) atoms. The summed E-state index contributed by atoms with van der Waals surface area (Å²) in [6.45, 7) is 7.23. The summed E-state index contributed by atoms with van der Waals surface area (Å²) in [6, 6.07) is 5.81. The van der Waals surface area contributed by atoms with Gasteiger partial charge in [0.25, 0.3) is 0 Å². The molecule has 0 bridgehead atoms. The van der Waals surface area contributed by atoms with E-state index in [0.717, 1.165) is 29.3 Å². The third-order valence-electron chi connectivity index (χ3n) is 2.56. The molecule has 1 unspecified atom stereocenters. The fourth-order valence-electron chi connectivity index (χ4n) is 1.93. The first-order chi connectivity index (χ1) is 8.04. The lowest BCUT2D eigenvalue weighted by molar-refractivity contribution is 0.191. The number of rotatable bonds is 6. The second-order valence-corrected chi connectivity index (χ2v) is 5.21. The SMILES string of the molecule is CNCc1c(Cl)cccc1OC(C)CC(C)C. The van der Waals surface area contributed by atoms with Crippen molar-refractivity contribution < 1.29 is 4.74 Å². The summed E-state index contributed by atoms with van der Waals surface area (Å²) in [6.07, 6.45) is 1.26. The molecule has 1 rings (SSSR count). The van der Waals surface area contributed by atoms with Crippen LogP contribution in [0.4, 0.5) is 0 Å². The van der Waals surface area contributed by atoms with Gasteiger partial charge in [0.05, 0.1) is 6.10 Å². The van der Waals surface area contributed by atoms with E-state index in [9.17, 15) is 0 Å². The van der Waals surface area contributed by atoms with Crippen molar-refractivity contribution in [3.63, 3.8) is 0 Å². The summed E-state index contributed by atoms with van der Waals surface area (Å²) in [5.74, 6) is 1.52. The Balaban J connectivity index is 2.79. The summed E-state index contributed by atoms with van der Waals surface area (Å²) in [5, 5.41) is 3.87. The van der Waals surface area contributed by atoms with Gasteiger partial charge in [0, 0.05) is 17.1 Å². The molecular formula is C14H22ClNO. The Kier molecular flexibility index (Phi) is 5.79. The maximum Gasteiger partial charge on any atom is 0.125 e. The second-order valence-electron chi connectivity index (χ2n) is 4.80. The zero-order chi connectivity index (χ0) is 12.8. The van der Waals surface area contributed by atoms with Gasteiger partial charge in [-0.2, -0.15) is 0 Å². The highest BCUT2D eigenvalue weighted by molar-refractivity contribution is 6.31. The van der Waals surface area contributed by atoms with Gasteiger partial charge in [-0.05, 0) is 38.4 Å². The smallest absolute Gasteiger partial charge is 0.125 e. The Labute approximate surface area is 109 Å². The lowest BCUT2D eigenvalue weighted by Gasteiger charge is -2.19. The number of hydrogen-bond acceptors (Lipinski definition) is 2. The molecule has 1 aromatic rings. The van der Waals surface area contributed by atoms with Crippen LogP contribution < -0.4 is 10.1 Å². The Morgan fingerprint density at radius 2 is 2.00 bits per heavy atom. The molecule has 0 aromatic heterocycles. The highest BCUT2D eigenvalue weighted by atomic mass is 35.5. The minimum atomic E-state index is 0.212. The van der Waals surface area contributed by atoms with E-state index in [0.29, 0.717) is 5.92 Å². The monoisotopic (exact) mass is 255 g/mol. The van der Waals surface area contributed by atoms with Crippen molar-refractivity contribution in [2.24, 2.45) is 5.92 Å². The van der Waals surface area contributed by atoms with Crippen LogP contribution in [0.3, 0.4) is 0 Å². The molecule has 0 saturated carbocycles. The van der Waals surface area contributed by atoms with E-state index in [1.54, 1.807) is 0 Å². The number of benzene rings is 1. The summed E-state index contributed by atoms with van der Waals surface area (Å²) in [4.78, 5) is 0. The lowest BCUT2D eigenvalue weighted by Crippen LogP contribution is -2.16. The third-order valence-corrected chi connectivity index (χ3v) is 2.92. The molecule has 0 aliphatic carbocycles. The predicted octanol–water partition coefficient (Wildman–Crippen LogP) is 3.87. The summed E-state index contributed by atoms with van der Waals surface area (Å²) in [7, 11) is 1.91. The van der Waals surface area contributed by atoms with Crippen molar-refractivity contribution in [3.8, 4) is 5.75 Å². The van der Waals surface area contributed by atoms with Crippen LogP contribution in [0.25, 0.3) is 0 Å². The molecule has 0 fully saturated rings. The van der Waals surface area contributed by atoms with Crippen LogP contribution in [0, 0.1) is 5.92 Å². The topological polar surface area (TPSA) is 21.3 Å². The van der Waals surface area contributed by atoms with Gasteiger partial charge in [-0.15, -0.1) is 0 Å². The largest absolute Gasteiger partial charge is 0.490 e. The van der Waals surface area contributed by atoms with Gasteiger partial charge in [-0.3, -0.25) is 0 Å². The van der Waals surface area contributed by atoms with Crippen LogP contribution >= 0.6 is 11.6 Å². The van der Waals surface area contributed by atoms with Gasteiger partial charge in [0.15, 0.2) is 0 Å². The third kappa shape index (κ3) is 4.57. The summed E-state index contributed by atoms with van der Waals surface area (Å²) < 4.78 is 5.97. The first-order valence-electron chi connectivity index (χ1n) is 6.13. The van der Waals surface area contributed by atoms with Crippen LogP contribution in [0.5, 0.6) is 5.75 Å². The van der Waals surface area contributed by atoms with E-state index >= 15 is 0 Å².